The number of cyclic esters (lactones) is 1. The Morgan fingerprint density at radius 3 is 2.67 bits per heavy atom. The molecule has 3 rings (SSSR count). The Morgan fingerprint density at radius 1 is 1.21 bits per heavy atom. The number of carbonyl (C=O) groups is 1. The minimum atomic E-state index is -0.983. The van der Waals surface area contributed by atoms with Crippen molar-refractivity contribution in [3.05, 3.63) is 59.1 Å². The van der Waals surface area contributed by atoms with Gasteiger partial charge in [-0.3, -0.25) is 4.79 Å². The van der Waals surface area contributed by atoms with Gasteiger partial charge in [0.2, 0.25) is 0 Å². The van der Waals surface area contributed by atoms with Gasteiger partial charge in [0.1, 0.15) is 6.10 Å². The van der Waals surface area contributed by atoms with Gasteiger partial charge < -0.3 is 9.84 Å². The molecule has 1 aliphatic heterocycles. The van der Waals surface area contributed by atoms with Crippen LogP contribution in [0.5, 0.6) is 0 Å². The van der Waals surface area contributed by atoms with Crippen molar-refractivity contribution in [2.24, 2.45) is 0 Å². The van der Waals surface area contributed by atoms with Crippen LogP contribution in [0, 0.1) is 0 Å². The molecule has 1 fully saturated rings. The number of hydrogen-bond donors (Lipinski definition) is 1. The third kappa shape index (κ3) is 3.97. The van der Waals surface area contributed by atoms with E-state index in [1.807, 2.05) is 30.3 Å². The van der Waals surface area contributed by atoms with E-state index in [1.54, 1.807) is 6.92 Å². The molecule has 1 saturated heterocycles. The molecule has 0 aliphatic carbocycles. The quantitative estimate of drug-likeness (QED) is 0.836. The maximum Gasteiger partial charge on any atom is 0.308 e. The van der Waals surface area contributed by atoms with Gasteiger partial charge >= 0.3 is 5.97 Å². The van der Waals surface area contributed by atoms with Crippen LogP contribution in [0.3, 0.4) is 0 Å². The van der Waals surface area contributed by atoms with Crippen LogP contribution in [0.25, 0.3) is 11.1 Å². The molecule has 1 heterocycles. The van der Waals surface area contributed by atoms with E-state index in [0.717, 1.165) is 16.7 Å². The number of aliphatic hydroxyl groups is 1. The van der Waals surface area contributed by atoms with Crippen molar-refractivity contribution in [2.45, 2.75) is 44.3 Å². The Bertz CT molecular complexity index is 725. The highest BCUT2D eigenvalue weighted by Crippen LogP contribution is 2.33. The summed E-state index contributed by atoms with van der Waals surface area (Å²) >= 11 is 6.42. The summed E-state index contributed by atoms with van der Waals surface area (Å²) in [5.74, 6) is -0.335. The minimum absolute atomic E-state index is 0.0604. The number of halogens is 1. The van der Waals surface area contributed by atoms with Crippen molar-refractivity contribution >= 4 is 17.6 Å². The molecule has 0 bridgehead atoms. The van der Waals surface area contributed by atoms with Gasteiger partial charge in [0.05, 0.1) is 12.0 Å². The van der Waals surface area contributed by atoms with Crippen LogP contribution in [-0.4, -0.2) is 22.8 Å². The number of ether oxygens (including phenoxy) is 1. The largest absolute Gasteiger partial charge is 0.462 e. The first-order valence-corrected chi connectivity index (χ1v) is 8.57. The summed E-state index contributed by atoms with van der Waals surface area (Å²) in [6.45, 7) is 1.69. The van der Waals surface area contributed by atoms with Crippen molar-refractivity contribution in [1.29, 1.82) is 0 Å². The van der Waals surface area contributed by atoms with Crippen LogP contribution in [0.1, 0.15) is 31.7 Å². The molecular formula is C20H21ClO3. The van der Waals surface area contributed by atoms with Crippen LogP contribution in [0.4, 0.5) is 0 Å². The lowest BCUT2D eigenvalue weighted by Crippen LogP contribution is -2.41. The highest BCUT2D eigenvalue weighted by atomic mass is 35.5. The second kappa shape index (κ2) is 6.96. The van der Waals surface area contributed by atoms with Crippen LogP contribution in [0.2, 0.25) is 5.02 Å². The van der Waals surface area contributed by atoms with Gasteiger partial charge in [0, 0.05) is 11.4 Å². The molecule has 0 saturated carbocycles. The van der Waals surface area contributed by atoms with Crippen molar-refractivity contribution in [3.8, 4) is 11.1 Å². The Balaban J connectivity index is 1.79. The molecule has 0 radical (unpaired) electrons. The monoisotopic (exact) mass is 344 g/mol. The SMILES string of the molecule is CC1(O)CC(=O)OC(CCc2c(Cl)cccc2-c2ccccc2)C1. The molecule has 0 aromatic heterocycles. The average molecular weight is 345 g/mol. The first-order valence-electron chi connectivity index (χ1n) is 8.19. The number of esters is 1. The van der Waals surface area contributed by atoms with E-state index in [9.17, 15) is 9.90 Å². The molecule has 126 valence electrons. The zero-order valence-electron chi connectivity index (χ0n) is 13.7. The van der Waals surface area contributed by atoms with E-state index in [0.29, 0.717) is 24.3 Å². The van der Waals surface area contributed by atoms with Crippen molar-refractivity contribution in [2.75, 3.05) is 0 Å². The summed E-state index contributed by atoms with van der Waals surface area (Å²) in [6, 6.07) is 16.0. The zero-order valence-corrected chi connectivity index (χ0v) is 14.4. The van der Waals surface area contributed by atoms with Gasteiger partial charge in [-0.15, -0.1) is 0 Å². The first-order chi connectivity index (χ1) is 11.4. The lowest BCUT2D eigenvalue weighted by molar-refractivity contribution is -0.168. The normalized spacial score (nSPS) is 23.8. The van der Waals surface area contributed by atoms with Gasteiger partial charge in [-0.2, -0.15) is 0 Å². The molecule has 0 spiro atoms. The fourth-order valence-corrected chi connectivity index (χ4v) is 3.58. The standard InChI is InChI=1S/C20H21ClO3/c1-20(23)12-15(24-19(22)13-20)10-11-17-16(8-5-9-18(17)21)14-6-3-2-4-7-14/h2-9,15,23H,10-13H2,1H3. The van der Waals surface area contributed by atoms with Crippen LogP contribution >= 0.6 is 11.6 Å². The first kappa shape index (κ1) is 17.0. The summed E-state index contributed by atoms with van der Waals surface area (Å²) < 4.78 is 5.39. The van der Waals surface area contributed by atoms with Gasteiger partial charge in [-0.25, -0.2) is 0 Å². The number of carbonyl (C=O) groups excluding carboxylic acids is 1. The smallest absolute Gasteiger partial charge is 0.308 e. The summed E-state index contributed by atoms with van der Waals surface area (Å²) in [5, 5.41) is 10.9. The van der Waals surface area contributed by atoms with E-state index >= 15 is 0 Å². The second-order valence-corrected chi connectivity index (χ2v) is 7.07. The Labute approximate surface area is 147 Å². The highest BCUT2D eigenvalue weighted by Gasteiger charge is 2.36. The van der Waals surface area contributed by atoms with Crippen LogP contribution in [0.15, 0.2) is 48.5 Å². The second-order valence-electron chi connectivity index (χ2n) is 6.66. The molecule has 1 aliphatic rings. The van der Waals surface area contributed by atoms with E-state index in [-0.39, 0.29) is 18.5 Å². The van der Waals surface area contributed by atoms with Crippen molar-refractivity contribution in [1.82, 2.24) is 0 Å². The molecule has 1 N–H and O–H groups in total. The summed E-state index contributed by atoms with van der Waals surface area (Å²) in [4.78, 5) is 11.6. The van der Waals surface area contributed by atoms with Crippen molar-refractivity contribution < 1.29 is 14.6 Å². The van der Waals surface area contributed by atoms with Gasteiger partial charge in [-0.1, -0.05) is 54.1 Å². The lowest BCUT2D eigenvalue weighted by Gasteiger charge is -2.33. The molecule has 2 atom stereocenters. The fraction of sp³-hybridized carbons (Fsp3) is 0.350. The van der Waals surface area contributed by atoms with Gasteiger partial charge in [-0.05, 0) is 42.5 Å². The van der Waals surface area contributed by atoms with Crippen molar-refractivity contribution in [3.63, 3.8) is 0 Å². The minimum Gasteiger partial charge on any atom is -0.462 e. The van der Waals surface area contributed by atoms with E-state index < -0.39 is 5.60 Å². The topological polar surface area (TPSA) is 46.5 Å². The summed E-state index contributed by atoms with van der Waals surface area (Å²) in [5.41, 5.74) is 2.27. The molecular weight excluding hydrogens is 324 g/mol. The van der Waals surface area contributed by atoms with E-state index in [1.165, 1.54) is 0 Å². The lowest BCUT2D eigenvalue weighted by atomic mass is 9.88. The molecule has 24 heavy (non-hydrogen) atoms. The molecule has 3 nitrogen and oxygen atoms in total. The molecule has 2 aromatic rings. The van der Waals surface area contributed by atoms with Gasteiger partial charge in [0.15, 0.2) is 0 Å². The Morgan fingerprint density at radius 2 is 1.96 bits per heavy atom. The molecule has 2 aromatic carbocycles. The zero-order chi connectivity index (χ0) is 17.2. The Hall–Kier alpha value is -1.84. The van der Waals surface area contributed by atoms with Crippen LogP contribution < -0.4 is 0 Å². The highest BCUT2D eigenvalue weighted by molar-refractivity contribution is 6.31. The number of rotatable bonds is 4. The Kier molecular flexibility index (Phi) is 4.93. The maximum absolute atomic E-state index is 11.6. The van der Waals surface area contributed by atoms with E-state index in [4.69, 9.17) is 16.3 Å². The summed E-state index contributed by atoms with van der Waals surface area (Å²) in [6.07, 6.45) is 1.58. The third-order valence-electron chi connectivity index (χ3n) is 4.41. The number of benzene rings is 2. The fourth-order valence-electron chi connectivity index (χ4n) is 3.31. The summed E-state index contributed by atoms with van der Waals surface area (Å²) in [7, 11) is 0. The number of hydrogen-bond acceptors (Lipinski definition) is 3. The molecule has 0 amide bonds. The van der Waals surface area contributed by atoms with E-state index in [2.05, 4.69) is 18.2 Å². The predicted molar refractivity (Wildman–Crippen MR) is 94.9 cm³/mol. The average Bonchev–Trinajstić information content (AvgIpc) is 2.52. The third-order valence-corrected chi connectivity index (χ3v) is 4.76. The van der Waals surface area contributed by atoms with Crippen LogP contribution in [-0.2, 0) is 16.0 Å². The van der Waals surface area contributed by atoms with Gasteiger partial charge in [0.25, 0.3) is 0 Å². The molecule has 4 heteroatoms. The predicted octanol–water partition coefficient (Wildman–Crippen LogP) is 4.40. The maximum atomic E-state index is 11.6. The molecule has 2 unspecified atom stereocenters.